The van der Waals surface area contributed by atoms with Crippen LogP contribution in [0.15, 0.2) is 29.3 Å². The maximum absolute atomic E-state index is 5.10. The lowest BCUT2D eigenvalue weighted by Crippen LogP contribution is -2.39. The SMILES string of the molecule is CCNC(=NCc1ccc(COC)cc1)NCC(C)C.I. The zero-order valence-electron chi connectivity index (χ0n) is 13.5. The Kier molecular flexibility index (Phi) is 11.3. The standard InChI is InChI=1S/C16H27N3O.HI/c1-5-17-16(18-10-13(2)3)19-11-14-6-8-15(9-7-14)12-20-4;/h6-9,13H,5,10-12H2,1-4H3,(H2,17,18,19);1H. The predicted octanol–water partition coefficient (Wildman–Crippen LogP) is 3.16. The molecule has 0 fully saturated rings. The van der Waals surface area contributed by atoms with Crippen LogP contribution in [0.1, 0.15) is 31.9 Å². The lowest BCUT2D eigenvalue weighted by Gasteiger charge is -2.13. The van der Waals surface area contributed by atoms with E-state index in [0.717, 1.165) is 19.0 Å². The van der Waals surface area contributed by atoms with Crippen molar-refractivity contribution < 1.29 is 4.74 Å². The van der Waals surface area contributed by atoms with Gasteiger partial charge < -0.3 is 15.4 Å². The Balaban J connectivity index is 0.00000400. The number of ether oxygens (including phenoxy) is 1. The Morgan fingerprint density at radius 3 is 2.29 bits per heavy atom. The number of hydrogen-bond acceptors (Lipinski definition) is 2. The topological polar surface area (TPSA) is 45.7 Å². The van der Waals surface area contributed by atoms with Crippen molar-refractivity contribution in [3.63, 3.8) is 0 Å². The molecule has 0 aromatic heterocycles. The molecule has 2 N–H and O–H groups in total. The molecule has 1 rings (SSSR count). The average molecular weight is 405 g/mol. The third-order valence-electron chi connectivity index (χ3n) is 2.78. The van der Waals surface area contributed by atoms with Gasteiger partial charge in [-0.05, 0) is 24.0 Å². The molecular weight excluding hydrogens is 377 g/mol. The summed E-state index contributed by atoms with van der Waals surface area (Å²) in [6.07, 6.45) is 0. The van der Waals surface area contributed by atoms with Gasteiger partial charge in [0.2, 0.25) is 0 Å². The van der Waals surface area contributed by atoms with E-state index in [4.69, 9.17) is 4.74 Å². The number of halogens is 1. The van der Waals surface area contributed by atoms with Gasteiger partial charge in [-0.2, -0.15) is 0 Å². The largest absolute Gasteiger partial charge is 0.380 e. The quantitative estimate of drug-likeness (QED) is 0.416. The molecule has 0 bridgehead atoms. The van der Waals surface area contributed by atoms with Crippen LogP contribution in [0.25, 0.3) is 0 Å². The molecule has 0 saturated carbocycles. The van der Waals surface area contributed by atoms with Crippen LogP contribution in [-0.4, -0.2) is 26.2 Å². The summed E-state index contributed by atoms with van der Waals surface area (Å²) < 4.78 is 5.10. The highest BCUT2D eigenvalue weighted by Crippen LogP contribution is 2.06. The predicted molar refractivity (Wildman–Crippen MR) is 100 cm³/mol. The summed E-state index contributed by atoms with van der Waals surface area (Å²) in [4.78, 5) is 4.59. The normalized spacial score (nSPS) is 11.2. The zero-order valence-corrected chi connectivity index (χ0v) is 15.8. The second-order valence-corrected chi connectivity index (χ2v) is 5.22. The van der Waals surface area contributed by atoms with Crippen molar-refractivity contribution >= 4 is 29.9 Å². The first-order valence-electron chi connectivity index (χ1n) is 7.24. The highest BCUT2D eigenvalue weighted by Gasteiger charge is 1.99. The number of aliphatic imine (C=N–C) groups is 1. The van der Waals surface area contributed by atoms with E-state index >= 15 is 0 Å². The van der Waals surface area contributed by atoms with Gasteiger partial charge in [-0.3, -0.25) is 0 Å². The van der Waals surface area contributed by atoms with Crippen LogP contribution in [-0.2, 0) is 17.9 Å². The van der Waals surface area contributed by atoms with Crippen molar-refractivity contribution in [1.82, 2.24) is 10.6 Å². The maximum Gasteiger partial charge on any atom is 0.191 e. The van der Waals surface area contributed by atoms with Crippen LogP contribution in [0.2, 0.25) is 0 Å². The van der Waals surface area contributed by atoms with Gasteiger partial charge >= 0.3 is 0 Å². The molecule has 1 aromatic carbocycles. The summed E-state index contributed by atoms with van der Waals surface area (Å²) in [5.74, 6) is 1.48. The molecule has 0 aliphatic carbocycles. The molecule has 0 spiro atoms. The Morgan fingerprint density at radius 2 is 1.76 bits per heavy atom. The molecular formula is C16H28IN3O. The monoisotopic (exact) mass is 405 g/mol. The lowest BCUT2D eigenvalue weighted by atomic mass is 10.1. The zero-order chi connectivity index (χ0) is 14.8. The second-order valence-electron chi connectivity index (χ2n) is 5.22. The number of nitrogens with zero attached hydrogens (tertiary/aromatic N) is 1. The summed E-state index contributed by atoms with van der Waals surface area (Å²) in [5, 5.41) is 6.60. The summed E-state index contributed by atoms with van der Waals surface area (Å²) in [6.45, 7) is 9.58. The van der Waals surface area contributed by atoms with E-state index in [-0.39, 0.29) is 24.0 Å². The van der Waals surface area contributed by atoms with Gasteiger partial charge in [-0.15, -0.1) is 24.0 Å². The minimum absolute atomic E-state index is 0. The molecule has 5 heteroatoms. The number of guanidine groups is 1. The smallest absolute Gasteiger partial charge is 0.191 e. The van der Waals surface area contributed by atoms with Gasteiger partial charge in [0.15, 0.2) is 5.96 Å². The lowest BCUT2D eigenvalue weighted by molar-refractivity contribution is 0.185. The molecule has 21 heavy (non-hydrogen) atoms. The van der Waals surface area contributed by atoms with E-state index in [0.29, 0.717) is 19.1 Å². The number of nitrogens with one attached hydrogen (secondary N) is 2. The van der Waals surface area contributed by atoms with Crippen LogP contribution in [0, 0.1) is 5.92 Å². The van der Waals surface area contributed by atoms with Crippen molar-refractivity contribution in [2.75, 3.05) is 20.2 Å². The molecule has 0 amide bonds. The molecule has 0 unspecified atom stereocenters. The number of hydrogen-bond donors (Lipinski definition) is 2. The third kappa shape index (κ3) is 8.93. The molecule has 4 nitrogen and oxygen atoms in total. The summed E-state index contributed by atoms with van der Waals surface area (Å²) in [6, 6.07) is 8.37. The fourth-order valence-corrected chi connectivity index (χ4v) is 1.72. The van der Waals surface area contributed by atoms with Crippen LogP contribution in [0.3, 0.4) is 0 Å². The van der Waals surface area contributed by atoms with Crippen molar-refractivity contribution in [2.24, 2.45) is 10.9 Å². The first kappa shape index (κ1) is 20.2. The van der Waals surface area contributed by atoms with Crippen molar-refractivity contribution in [2.45, 2.75) is 33.9 Å². The number of methoxy groups -OCH3 is 1. The van der Waals surface area contributed by atoms with Crippen molar-refractivity contribution in [3.8, 4) is 0 Å². The van der Waals surface area contributed by atoms with E-state index < -0.39 is 0 Å². The fourth-order valence-electron chi connectivity index (χ4n) is 1.72. The Labute approximate surface area is 145 Å². The highest BCUT2D eigenvalue weighted by atomic mass is 127. The molecule has 1 aromatic rings. The van der Waals surface area contributed by atoms with E-state index in [9.17, 15) is 0 Å². The van der Waals surface area contributed by atoms with Gasteiger partial charge in [0.25, 0.3) is 0 Å². The maximum atomic E-state index is 5.10. The van der Waals surface area contributed by atoms with Gasteiger partial charge in [-0.25, -0.2) is 4.99 Å². The Morgan fingerprint density at radius 1 is 1.14 bits per heavy atom. The van der Waals surface area contributed by atoms with Gasteiger partial charge in [0.05, 0.1) is 13.2 Å². The minimum Gasteiger partial charge on any atom is -0.380 e. The molecule has 0 heterocycles. The number of benzene rings is 1. The molecule has 120 valence electrons. The van der Waals surface area contributed by atoms with Crippen LogP contribution in [0.4, 0.5) is 0 Å². The van der Waals surface area contributed by atoms with Crippen molar-refractivity contribution in [1.29, 1.82) is 0 Å². The van der Waals surface area contributed by atoms with Crippen LogP contribution >= 0.6 is 24.0 Å². The van der Waals surface area contributed by atoms with Crippen molar-refractivity contribution in [3.05, 3.63) is 35.4 Å². The second kappa shape index (κ2) is 11.8. The molecule has 0 atom stereocenters. The third-order valence-corrected chi connectivity index (χ3v) is 2.78. The Bertz CT molecular complexity index is 404. The van der Waals surface area contributed by atoms with Gasteiger partial charge in [-0.1, -0.05) is 38.1 Å². The van der Waals surface area contributed by atoms with Gasteiger partial charge in [0.1, 0.15) is 0 Å². The Hall–Kier alpha value is -0.820. The van der Waals surface area contributed by atoms with E-state index in [1.54, 1.807) is 7.11 Å². The van der Waals surface area contributed by atoms with E-state index in [1.165, 1.54) is 11.1 Å². The number of rotatable bonds is 7. The molecule has 0 aliphatic heterocycles. The van der Waals surface area contributed by atoms with Crippen LogP contribution < -0.4 is 10.6 Å². The summed E-state index contributed by atoms with van der Waals surface area (Å²) in [7, 11) is 1.71. The van der Waals surface area contributed by atoms with Crippen LogP contribution in [0.5, 0.6) is 0 Å². The fraction of sp³-hybridized carbons (Fsp3) is 0.562. The summed E-state index contributed by atoms with van der Waals surface area (Å²) >= 11 is 0. The molecule has 0 saturated heterocycles. The minimum atomic E-state index is 0. The first-order valence-corrected chi connectivity index (χ1v) is 7.24. The molecule has 0 aliphatic rings. The van der Waals surface area contributed by atoms with E-state index in [1.807, 2.05) is 0 Å². The molecule has 0 radical (unpaired) electrons. The van der Waals surface area contributed by atoms with E-state index in [2.05, 4.69) is 60.7 Å². The average Bonchev–Trinajstić information content (AvgIpc) is 2.44. The first-order chi connectivity index (χ1) is 9.65. The summed E-state index contributed by atoms with van der Waals surface area (Å²) in [5.41, 5.74) is 2.39. The highest BCUT2D eigenvalue weighted by molar-refractivity contribution is 14.0. The van der Waals surface area contributed by atoms with Gasteiger partial charge in [0, 0.05) is 20.2 Å².